The second kappa shape index (κ2) is 7.85. The highest BCUT2D eigenvalue weighted by molar-refractivity contribution is 6.05. The van der Waals surface area contributed by atoms with Gasteiger partial charge in [-0.2, -0.15) is 0 Å². The van der Waals surface area contributed by atoms with E-state index in [1.807, 2.05) is 0 Å². The first-order valence-corrected chi connectivity index (χ1v) is 10.0. The van der Waals surface area contributed by atoms with E-state index < -0.39 is 17.1 Å². The number of fused-ring (bicyclic) bond motifs is 1. The van der Waals surface area contributed by atoms with Crippen LogP contribution in [-0.4, -0.2) is 38.0 Å². The molecule has 0 atom stereocenters. The highest BCUT2D eigenvalue weighted by Crippen LogP contribution is 2.19. The molecule has 156 valence electrons. The molecule has 8 heteroatoms. The lowest BCUT2D eigenvalue weighted by molar-refractivity contribution is 0.0726. The number of aryl methyl sites for hydroxylation is 2. The van der Waals surface area contributed by atoms with Gasteiger partial charge in [-0.05, 0) is 49.9 Å². The normalized spacial score (nSPS) is 14.3. The van der Waals surface area contributed by atoms with Gasteiger partial charge in [-0.25, -0.2) is 14.2 Å². The molecule has 0 saturated carbocycles. The highest BCUT2D eigenvalue weighted by Gasteiger charge is 2.25. The van der Waals surface area contributed by atoms with Gasteiger partial charge in [0.15, 0.2) is 0 Å². The molecule has 1 aliphatic rings. The van der Waals surface area contributed by atoms with Crippen molar-refractivity contribution in [3.63, 3.8) is 0 Å². The lowest BCUT2D eigenvalue weighted by atomic mass is 10.1. The molecule has 0 N–H and O–H groups in total. The summed E-state index contributed by atoms with van der Waals surface area (Å²) in [6.45, 7) is 3.02. The molecule has 0 radical (unpaired) electrons. The average Bonchev–Trinajstić information content (AvgIpc) is 2.76. The van der Waals surface area contributed by atoms with Crippen molar-refractivity contribution >= 4 is 16.9 Å². The third kappa shape index (κ3) is 3.53. The molecule has 0 bridgehead atoms. The fraction of sp³-hybridized carbons (Fsp3) is 0.364. The maximum Gasteiger partial charge on any atom is 0.332 e. The van der Waals surface area contributed by atoms with Gasteiger partial charge in [0, 0.05) is 25.8 Å². The predicted molar refractivity (Wildman–Crippen MR) is 111 cm³/mol. The molecule has 3 heterocycles. The smallest absolute Gasteiger partial charge is 0.332 e. The summed E-state index contributed by atoms with van der Waals surface area (Å²) >= 11 is 0. The molecule has 0 aliphatic carbocycles. The Morgan fingerprint density at radius 3 is 2.43 bits per heavy atom. The lowest BCUT2D eigenvalue weighted by Gasteiger charge is -2.27. The number of benzene rings is 1. The van der Waals surface area contributed by atoms with Gasteiger partial charge < -0.3 is 4.90 Å². The SMILES string of the molecule is Cc1cc(C(=O)N2CCCCC2)c2c(=O)n(Cc3ccc(F)cc3)c(=O)n(C)c2n1. The Hall–Kier alpha value is -3.29. The van der Waals surface area contributed by atoms with Crippen LogP contribution in [0.4, 0.5) is 4.39 Å². The van der Waals surface area contributed by atoms with Crippen LogP contribution in [0.3, 0.4) is 0 Å². The third-order valence-corrected chi connectivity index (χ3v) is 5.55. The summed E-state index contributed by atoms with van der Waals surface area (Å²) in [6.07, 6.45) is 2.95. The number of rotatable bonds is 3. The van der Waals surface area contributed by atoms with Gasteiger partial charge in [0.05, 0.1) is 17.5 Å². The van der Waals surface area contributed by atoms with Crippen LogP contribution in [0.1, 0.15) is 40.9 Å². The average molecular weight is 410 g/mol. The minimum absolute atomic E-state index is 0.0209. The minimum Gasteiger partial charge on any atom is -0.339 e. The summed E-state index contributed by atoms with van der Waals surface area (Å²) < 4.78 is 15.6. The molecule has 3 aromatic rings. The first-order chi connectivity index (χ1) is 14.4. The zero-order valence-electron chi connectivity index (χ0n) is 17.0. The number of amides is 1. The van der Waals surface area contributed by atoms with Crippen LogP contribution in [0, 0.1) is 12.7 Å². The van der Waals surface area contributed by atoms with Crippen molar-refractivity contribution in [3.8, 4) is 0 Å². The molecule has 0 unspecified atom stereocenters. The van der Waals surface area contributed by atoms with Gasteiger partial charge in [-0.3, -0.25) is 18.7 Å². The fourth-order valence-corrected chi connectivity index (χ4v) is 3.95. The van der Waals surface area contributed by atoms with E-state index in [9.17, 15) is 18.8 Å². The summed E-state index contributed by atoms with van der Waals surface area (Å²) in [5, 5.41) is 0.139. The van der Waals surface area contributed by atoms with Gasteiger partial charge in [0.2, 0.25) is 0 Å². The van der Waals surface area contributed by atoms with E-state index in [1.54, 1.807) is 17.9 Å². The van der Waals surface area contributed by atoms with Crippen molar-refractivity contribution in [2.45, 2.75) is 32.7 Å². The van der Waals surface area contributed by atoms with Crippen LogP contribution in [-0.2, 0) is 13.6 Å². The number of nitrogens with zero attached hydrogens (tertiary/aromatic N) is 4. The summed E-state index contributed by atoms with van der Waals surface area (Å²) in [7, 11) is 1.53. The Morgan fingerprint density at radius 2 is 1.77 bits per heavy atom. The predicted octanol–water partition coefficient (Wildman–Crippen LogP) is 2.22. The molecule has 2 aromatic heterocycles. The van der Waals surface area contributed by atoms with E-state index >= 15 is 0 Å². The summed E-state index contributed by atoms with van der Waals surface area (Å²) in [6, 6.07) is 7.23. The van der Waals surface area contributed by atoms with Crippen molar-refractivity contribution < 1.29 is 9.18 Å². The summed E-state index contributed by atoms with van der Waals surface area (Å²) in [4.78, 5) is 45.6. The van der Waals surface area contributed by atoms with Crippen molar-refractivity contribution in [2.24, 2.45) is 7.05 Å². The maximum atomic E-state index is 13.4. The van der Waals surface area contributed by atoms with Gasteiger partial charge in [-0.15, -0.1) is 0 Å². The molecule has 1 amide bonds. The van der Waals surface area contributed by atoms with E-state index in [2.05, 4.69) is 4.98 Å². The molecule has 4 rings (SSSR count). The Morgan fingerprint density at radius 1 is 1.10 bits per heavy atom. The molecule has 1 aliphatic heterocycles. The van der Waals surface area contributed by atoms with E-state index in [-0.39, 0.29) is 29.0 Å². The minimum atomic E-state index is -0.565. The lowest BCUT2D eigenvalue weighted by Crippen LogP contribution is -2.41. The van der Waals surface area contributed by atoms with E-state index in [0.717, 1.165) is 23.8 Å². The van der Waals surface area contributed by atoms with E-state index in [4.69, 9.17) is 0 Å². The van der Waals surface area contributed by atoms with Gasteiger partial charge >= 0.3 is 5.69 Å². The zero-order chi connectivity index (χ0) is 21.4. The number of aromatic nitrogens is 3. The number of carbonyl (C=O) groups is 1. The first kappa shape index (κ1) is 20.0. The Labute approximate surface area is 172 Å². The van der Waals surface area contributed by atoms with Crippen LogP contribution in [0.15, 0.2) is 39.9 Å². The first-order valence-electron chi connectivity index (χ1n) is 10.0. The van der Waals surface area contributed by atoms with Crippen LogP contribution in [0.25, 0.3) is 11.0 Å². The molecular formula is C22H23FN4O3. The van der Waals surface area contributed by atoms with Crippen molar-refractivity contribution in [1.82, 2.24) is 19.0 Å². The topological polar surface area (TPSA) is 77.2 Å². The second-order valence-electron chi connectivity index (χ2n) is 7.72. The quantitative estimate of drug-likeness (QED) is 0.663. The number of carbonyl (C=O) groups excluding carboxylic acids is 1. The van der Waals surface area contributed by atoms with Crippen LogP contribution >= 0.6 is 0 Å². The number of pyridine rings is 1. The van der Waals surface area contributed by atoms with Crippen LogP contribution in [0.2, 0.25) is 0 Å². The summed E-state index contributed by atoms with van der Waals surface area (Å²) in [5.74, 6) is -0.610. The summed E-state index contributed by atoms with van der Waals surface area (Å²) in [5.41, 5.74) is 0.539. The molecule has 1 saturated heterocycles. The molecule has 0 spiro atoms. The van der Waals surface area contributed by atoms with Gasteiger partial charge in [0.25, 0.3) is 11.5 Å². The molecule has 7 nitrogen and oxygen atoms in total. The molecular weight excluding hydrogens is 387 g/mol. The molecule has 1 aromatic carbocycles. The van der Waals surface area contributed by atoms with E-state index in [0.29, 0.717) is 24.3 Å². The maximum absolute atomic E-state index is 13.4. The van der Waals surface area contributed by atoms with Crippen molar-refractivity contribution in [1.29, 1.82) is 0 Å². The second-order valence-corrected chi connectivity index (χ2v) is 7.72. The van der Waals surface area contributed by atoms with Crippen molar-refractivity contribution in [3.05, 3.63) is 73.8 Å². The Kier molecular flexibility index (Phi) is 5.24. The van der Waals surface area contributed by atoms with Crippen LogP contribution in [0.5, 0.6) is 0 Å². The number of hydrogen-bond donors (Lipinski definition) is 0. The largest absolute Gasteiger partial charge is 0.339 e. The Balaban J connectivity index is 1.91. The monoisotopic (exact) mass is 410 g/mol. The fourth-order valence-electron chi connectivity index (χ4n) is 3.95. The zero-order valence-corrected chi connectivity index (χ0v) is 17.0. The standard InChI is InChI=1S/C22H23FN4O3/c1-14-12-17(20(28)26-10-4-3-5-11-26)18-19(24-14)25(2)22(30)27(21(18)29)13-15-6-8-16(23)9-7-15/h6-9,12H,3-5,10-11,13H2,1-2H3. The number of halogens is 1. The molecule has 30 heavy (non-hydrogen) atoms. The van der Waals surface area contributed by atoms with Gasteiger partial charge in [0.1, 0.15) is 11.5 Å². The van der Waals surface area contributed by atoms with Gasteiger partial charge in [-0.1, -0.05) is 12.1 Å². The Bertz CT molecular complexity index is 1240. The third-order valence-electron chi connectivity index (χ3n) is 5.55. The molecule has 1 fully saturated rings. The number of piperidine rings is 1. The van der Waals surface area contributed by atoms with E-state index in [1.165, 1.54) is 35.9 Å². The number of likely N-dealkylation sites (tertiary alicyclic amines) is 1. The van der Waals surface area contributed by atoms with Crippen LogP contribution < -0.4 is 11.2 Å². The highest BCUT2D eigenvalue weighted by atomic mass is 19.1. The van der Waals surface area contributed by atoms with Crippen molar-refractivity contribution in [2.75, 3.05) is 13.1 Å². The number of hydrogen-bond acceptors (Lipinski definition) is 4.